The van der Waals surface area contributed by atoms with Crippen LogP contribution in [0.15, 0.2) is 59.8 Å². The second-order valence-corrected chi connectivity index (χ2v) is 11.5. The largest absolute Gasteiger partial charge is 0.348 e. The molecule has 1 aliphatic carbocycles. The molecule has 0 fully saturated rings. The third-order valence-corrected chi connectivity index (χ3v) is 8.80. The number of hydrogen-bond donors (Lipinski definition) is 2. The minimum Gasteiger partial charge on any atom is -0.348 e. The summed E-state index contributed by atoms with van der Waals surface area (Å²) >= 11 is 9.01. The van der Waals surface area contributed by atoms with E-state index in [0.29, 0.717) is 39.7 Å². The number of amides is 2. The van der Waals surface area contributed by atoms with Gasteiger partial charge in [-0.3, -0.25) is 9.59 Å². The third kappa shape index (κ3) is 5.95. The Kier molecular flexibility index (Phi) is 8.46. The van der Waals surface area contributed by atoms with Crippen LogP contribution in [0, 0.1) is 0 Å². The number of hydrogen-bond acceptors (Lipinski definition) is 6. The van der Waals surface area contributed by atoms with E-state index in [1.807, 2.05) is 66.1 Å². The monoisotopic (exact) mass is 565 g/mol. The van der Waals surface area contributed by atoms with E-state index in [-0.39, 0.29) is 17.6 Å². The van der Waals surface area contributed by atoms with Crippen LogP contribution in [-0.2, 0) is 30.7 Å². The van der Waals surface area contributed by atoms with Crippen LogP contribution >= 0.6 is 34.7 Å². The number of thiophene rings is 1. The molecule has 0 saturated carbocycles. The van der Waals surface area contributed by atoms with Crippen molar-refractivity contribution in [2.24, 2.45) is 0 Å². The number of anilines is 1. The summed E-state index contributed by atoms with van der Waals surface area (Å²) in [6, 6.07) is 17.3. The van der Waals surface area contributed by atoms with E-state index in [1.54, 1.807) is 0 Å². The number of nitrogens with one attached hydrogen (secondary N) is 2. The summed E-state index contributed by atoms with van der Waals surface area (Å²) in [7, 11) is 0. The fourth-order valence-electron chi connectivity index (χ4n) is 4.58. The van der Waals surface area contributed by atoms with E-state index in [9.17, 15) is 9.59 Å². The quantitative estimate of drug-likeness (QED) is 0.235. The number of halogens is 1. The SMILES string of the molecule is CCn1c(SCC(=O)Nc2sc3c(c2C(=O)NCc2ccccc2)CCCC3)nnc1-c1cccc(Cl)c1. The van der Waals surface area contributed by atoms with Crippen LogP contribution in [0.2, 0.25) is 5.02 Å². The van der Waals surface area contributed by atoms with Gasteiger partial charge in [0.15, 0.2) is 11.0 Å². The summed E-state index contributed by atoms with van der Waals surface area (Å²) in [5.41, 5.74) is 3.59. The molecule has 0 bridgehead atoms. The van der Waals surface area contributed by atoms with Crippen molar-refractivity contribution in [2.75, 3.05) is 11.1 Å². The fourth-order valence-corrected chi connectivity index (χ4v) is 6.87. The van der Waals surface area contributed by atoms with Crippen molar-refractivity contribution in [3.05, 3.63) is 81.2 Å². The van der Waals surface area contributed by atoms with Crippen molar-refractivity contribution in [1.29, 1.82) is 0 Å². The highest BCUT2D eigenvalue weighted by molar-refractivity contribution is 7.99. The molecule has 2 amide bonds. The molecule has 38 heavy (non-hydrogen) atoms. The van der Waals surface area contributed by atoms with Crippen molar-refractivity contribution in [3.63, 3.8) is 0 Å². The Balaban J connectivity index is 1.29. The smallest absolute Gasteiger partial charge is 0.254 e. The molecule has 1 aliphatic rings. The number of nitrogens with zero attached hydrogens (tertiary/aromatic N) is 3. The van der Waals surface area contributed by atoms with Crippen LogP contribution in [0.5, 0.6) is 0 Å². The van der Waals surface area contributed by atoms with Gasteiger partial charge >= 0.3 is 0 Å². The highest BCUT2D eigenvalue weighted by atomic mass is 35.5. The molecule has 10 heteroatoms. The first kappa shape index (κ1) is 26.5. The standard InChI is InChI=1S/C28H28ClN5O2S2/c1-2-34-25(19-11-8-12-20(29)15-19)32-33-28(34)37-17-23(35)31-27-24(21-13-6-7-14-22(21)38-27)26(36)30-16-18-9-4-3-5-10-18/h3-5,8-12,15H,2,6-7,13-14,16-17H2,1H3,(H,30,36)(H,31,35). The Morgan fingerprint density at radius 1 is 1.08 bits per heavy atom. The Morgan fingerprint density at radius 2 is 1.89 bits per heavy atom. The van der Waals surface area contributed by atoms with Gasteiger partial charge in [-0.2, -0.15) is 0 Å². The molecule has 0 atom stereocenters. The maximum Gasteiger partial charge on any atom is 0.254 e. The number of rotatable bonds is 9. The summed E-state index contributed by atoms with van der Waals surface area (Å²) in [6.07, 6.45) is 3.95. The van der Waals surface area contributed by atoms with Crippen molar-refractivity contribution in [3.8, 4) is 11.4 Å². The zero-order chi connectivity index (χ0) is 26.5. The first-order valence-electron chi connectivity index (χ1n) is 12.6. The number of thioether (sulfide) groups is 1. The van der Waals surface area contributed by atoms with Crippen LogP contribution < -0.4 is 10.6 Å². The highest BCUT2D eigenvalue weighted by Gasteiger charge is 2.26. The van der Waals surface area contributed by atoms with Gasteiger partial charge in [0.05, 0.1) is 11.3 Å². The lowest BCUT2D eigenvalue weighted by atomic mass is 9.95. The van der Waals surface area contributed by atoms with E-state index < -0.39 is 0 Å². The first-order chi connectivity index (χ1) is 18.5. The number of benzene rings is 2. The van der Waals surface area contributed by atoms with Gasteiger partial charge in [0.2, 0.25) is 5.91 Å². The molecule has 196 valence electrons. The van der Waals surface area contributed by atoms with Gasteiger partial charge in [-0.1, -0.05) is 65.8 Å². The van der Waals surface area contributed by atoms with Gasteiger partial charge in [-0.15, -0.1) is 21.5 Å². The molecule has 5 rings (SSSR count). The van der Waals surface area contributed by atoms with Gasteiger partial charge in [0.25, 0.3) is 5.91 Å². The Bertz CT molecular complexity index is 1450. The lowest BCUT2D eigenvalue weighted by Crippen LogP contribution is -2.25. The van der Waals surface area contributed by atoms with E-state index in [0.717, 1.165) is 42.4 Å². The molecular formula is C28H28ClN5O2S2. The normalized spacial score (nSPS) is 12.7. The second kappa shape index (κ2) is 12.1. The molecule has 2 aromatic heterocycles. The van der Waals surface area contributed by atoms with Gasteiger partial charge in [0.1, 0.15) is 5.00 Å². The summed E-state index contributed by atoms with van der Waals surface area (Å²) in [4.78, 5) is 27.5. The third-order valence-electron chi connectivity index (χ3n) is 6.40. The average molecular weight is 566 g/mol. The average Bonchev–Trinajstić information content (AvgIpc) is 3.52. The van der Waals surface area contributed by atoms with E-state index in [2.05, 4.69) is 20.8 Å². The molecule has 2 aromatic carbocycles. The highest BCUT2D eigenvalue weighted by Crippen LogP contribution is 2.38. The molecule has 2 N–H and O–H groups in total. The number of aromatic nitrogens is 3. The molecule has 0 radical (unpaired) electrons. The van der Waals surface area contributed by atoms with Crippen molar-refractivity contribution < 1.29 is 9.59 Å². The van der Waals surface area contributed by atoms with Crippen LogP contribution in [0.1, 0.15) is 46.1 Å². The summed E-state index contributed by atoms with van der Waals surface area (Å²) in [5, 5.41) is 16.6. The van der Waals surface area contributed by atoms with Crippen LogP contribution in [-0.4, -0.2) is 32.3 Å². The molecule has 0 saturated heterocycles. The minimum absolute atomic E-state index is 0.145. The van der Waals surface area contributed by atoms with Gasteiger partial charge < -0.3 is 15.2 Å². The van der Waals surface area contributed by atoms with E-state index >= 15 is 0 Å². The lowest BCUT2D eigenvalue weighted by Gasteiger charge is -2.13. The molecule has 4 aromatic rings. The number of carbonyl (C=O) groups excluding carboxylic acids is 2. The molecule has 0 aliphatic heterocycles. The second-order valence-electron chi connectivity index (χ2n) is 8.98. The van der Waals surface area contributed by atoms with Crippen molar-refractivity contribution in [2.45, 2.75) is 50.9 Å². The van der Waals surface area contributed by atoms with Crippen LogP contribution in [0.25, 0.3) is 11.4 Å². The summed E-state index contributed by atoms with van der Waals surface area (Å²) in [5.74, 6) is 0.538. The first-order valence-corrected chi connectivity index (χ1v) is 14.8. The zero-order valence-corrected chi connectivity index (χ0v) is 23.4. The molecule has 0 spiro atoms. The predicted molar refractivity (Wildman–Crippen MR) is 154 cm³/mol. The molecule has 7 nitrogen and oxygen atoms in total. The molecular weight excluding hydrogens is 538 g/mol. The topological polar surface area (TPSA) is 88.9 Å². The van der Waals surface area contributed by atoms with Crippen molar-refractivity contribution >= 4 is 51.5 Å². The number of carbonyl (C=O) groups is 2. The molecule has 2 heterocycles. The predicted octanol–water partition coefficient (Wildman–Crippen LogP) is 6.22. The zero-order valence-electron chi connectivity index (χ0n) is 21.0. The van der Waals surface area contributed by atoms with Crippen LogP contribution in [0.4, 0.5) is 5.00 Å². The molecule has 0 unspecified atom stereocenters. The Morgan fingerprint density at radius 3 is 2.68 bits per heavy atom. The van der Waals surface area contributed by atoms with Gasteiger partial charge in [-0.25, -0.2) is 0 Å². The summed E-state index contributed by atoms with van der Waals surface area (Å²) < 4.78 is 1.97. The lowest BCUT2D eigenvalue weighted by molar-refractivity contribution is -0.113. The maximum absolute atomic E-state index is 13.3. The number of fused-ring (bicyclic) bond motifs is 1. The van der Waals surface area contributed by atoms with Crippen LogP contribution in [0.3, 0.4) is 0 Å². The Labute approximate surface area is 235 Å². The van der Waals surface area contributed by atoms with Gasteiger partial charge in [0, 0.05) is 28.6 Å². The minimum atomic E-state index is -0.180. The number of aryl methyl sites for hydroxylation is 1. The van der Waals surface area contributed by atoms with E-state index in [1.165, 1.54) is 28.0 Å². The van der Waals surface area contributed by atoms with Crippen molar-refractivity contribution in [1.82, 2.24) is 20.1 Å². The van der Waals surface area contributed by atoms with E-state index in [4.69, 9.17) is 11.6 Å². The maximum atomic E-state index is 13.3. The van der Waals surface area contributed by atoms with Gasteiger partial charge in [-0.05, 0) is 55.9 Å². The Hall–Kier alpha value is -3.14. The summed E-state index contributed by atoms with van der Waals surface area (Å²) in [6.45, 7) is 3.11. The fraction of sp³-hybridized carbons (Fsp3) is 0.286.